The second-order valence-corrected chi connectivity index (χ2v) is 6.75. The smallest absolute Gasteiger partial charge is 0.260 e. The number of benzene rings is 1. The SMILES string of the molecule is CCN(CC)c1ccc(N2CCN(C(=O)COc3ccc(OC)cc3)CC2)nn1. The van der Waals surface area contributed by atoms with E-state index in [4.69, 9.17) is 9.47 Å². The zero-order chi connectivity index (χ0) is 20.6. The molecule has 3 rings (SSSR count). The molecule has 8 heteroatoms. The number of rotatable bonds is 8. The number of carbonyl (C=O) groups is 1. The number of anilines is 2. The van der Waals surface area contributed by atoms with Gasteiger partial charge in [0.15, 0.2) is 18.2 Å². The third-order valence-corrected chi connectivity index (χ3v) is 5.10. The quantitative estimate of drug-likeness (QED) is 0.673. The molecule has 1 amide bonds. The number of methoxy groups -OCH3 is 1. The van der Waals surface area contributed by atoms with E-state index in [-0.39, 0.29) is 12.5 Å². The van der Waals surface area contributed by atoms with Gasteiger partial charge >= 0.3 is 0 Å². The fourth-order valence-electron chi connectivity index (χ4n) is 3.30. The molecule has 1 aromatic carbocycles. The van der Waals surface area contributed by atoms with Gasteiger partial charge in [-0.05, 0) is 50.2 Å². The van der Waals surface area contributed by atoms with Crippen LogP contribution in [0.25, 0.3) is 0 Å². The van der Waals surface area contributed by atoms with E-state index in [2.05, 4.69) is 33.8 Å². The van der Waals surface area contributed by atoms with Crippen LogP contribution in [0.5, 0.6) is 11.5 Å². The minimum atomic E-state index is -0.0107. The van der Waals surface area contributed by atoms with Gasteiger partial charge in [0, 0.05) is 39.3 Å². The van der Waals surface area contributed by atoms with E-state index in [1.165, 1.54) is 0 Å². The predicted octanol–water partition coefficient (Wildman–Crippen LogP) is 2.06. The van der Waals surface area contributed by atoms with Crippen molar-refractivity contribution in [2.75, 3.05) is 62.8 Å². The lowest BCUT2D eigenvalue weighted by molar-refractivity contribution is -0.133. The first kappa shape index (κ1) is 20.7. The molecule has 1 aromatic heterocycles. The van der Waals surface area contributed by atoms with Crippen molar-refractivity contribution in [2.45, 2.75) is 13.8 Å². The lowest BCUT2D eigenvalue weighted by Gasteiger charge is -2.35. The van der Waals surface area contributed by atoms with Crippen molar-refractivity contribution in [3.05, 3.63) is 36.4 Å². The zero-order valence-corrected chi connectivity index (χ0v) is 17.4. The van der Waals surface area contributed by atoms with Crippen LogP contribution in [0, 0.1) is 0 Å². The van der Waals surface area contributed by atoms with E-state index in [0.717, 1.165) is 43.6 Å². The Hall–Kier alpha value is -3.03. The maximum Gasteiger partial charge on any atom is 0.260 e. The Labute approximate surface area is 172 Å². The highest BCUT2D eigenvalue weighted by Gasteiger charge is 2.22. The van der Waals surface area contributed by atoms with Gasteiger partial charge in [0.1, 0.15) is 11.5 Å². The summed E-state index contributed by atoms with van der Waals surface area (Å²) in [6, 6.07) is 11.2. The van der Waals surface area contributed by atoms with Crippen molar-refractivity contribution in [3.63, 3.8) is 0 Å². The van der Waals surface area contributed by atoms with E-state index in [1.807, 2.05) is 29.2 Å². The fourth-order valence-corrected chi connectivity index (χ4v) is 3.30. The van der Waals surface area contributed by atoms with Gasteiger partial charge in [-0.1, -0.05) is 0 Å². The maximum atomic E-state index is 12.4. The molecule has 1 saturated heterocycles. The van der Waals surface area contributed by atoms with Gasteiger partial charge in [0.2, 0.25) is 0 Å². The van der Waals surface area contributed by atoms with Crippen LogP contribution in [0.2, 0.25) is 0 Å². The molecule has 2 heterocycles. The van der Waals surface area contributed by atoms with E-state index >= 15 is 0 Å². The van der Waals surface area contributed by atoms with Crippen molar-refractivity contribution >= 4 is 17.5 Å². The highest BCUT2D eigenvalue weighted by Crippen LogP contribution is 2.18. The van der Waals surface area contributed by atoms with Crippen molar-refractivity contribution in [2.24, 2.45) is 0 Å². The molecular formula is C21H29N5O3. The van der Waals surface area contributed by atoms with E-state index < -0.39 is 0 Å². The summed E-state index contributed by atoms with van der Waals surface area (Å²) in [5.74, 6) is 3.14. The summed E-state index contributed by atoms with van der Waals surface area (Å²) in [7, 11) is 1.62. The van der Waals surface area contributed by atoms with E-state index in [9.17, 15) is 4.79 Å². The average Bonchev–Trinajstić information content (AvgIpc) is 2.79. The normalized spacial score (nSPS) is 13.9. The molecule has 0 bridgehead atoms. The Morgan fingerprint density at radius 1 is 0.966 bits per heavy atom. The minimum Gasteiger partial charge on any atom is -0.497 e. The van der Waals surface area contributed by atoms with Crippen LogP contribution in [0.1, 0.15) is 13.8 Å². The summed E-state index contributed by atoms with van der Waals surface area (Å²) >= 11 is 0. The van der Waals surface area contributed by atoms with Gasteiger partial charge in [-0.2, -0.15) is 0 Å². The lowest BCUT2D eigenvalue weighted by Crippen LogP contribution is -2.50. The first-order chi connectivity index (χ1) is 14.1. The Balaban J connectivity index is 1.47. The van der Waals surface area contributed by atoms with Crippen LogP contribution in [0.3, 0.4) is 0 Å². The minimum absolute atomic E-state index is 0.0107. The number of piperazine rings is 1. The van der Waals surface area contributed by atoms with Crippen molar-refractivity contribution in [3.8, 4) is 11.5 Å². The fraction of sp³-hybridized carbons (Fsp3) is 0.476. The van der Waals surface area contributed by atoms with E-state index in [0.29, 0.717) is 18.8 Å². The number of carbonyl (C=O) groups excluding carboxylic acids is 1. The van der Waals surface area contributed by atoms with Crippen LogP contribution in [0.4, 0.5) is 11.6 Å². The number of amides is 1. The van der Waals surface area contributed by atoms with Crippen LogP contribution in [-0.4, -0.2) is 74.0 Å². The van der Waals surface area contributed by atoms with Gasteiger partial charge in [-0.25, -0.2) is 0 Å². The number of hydrogen-bond acceptors (Lipinski definition) is 7. The second-order valence-electron chi connectivity index (χ2n) is 6.75. The topological polar surface area (TPSA) is 71.0 Å². The van der Waals surface area contributed by atoms with Crippen molar-refractivity contribution < 1.29 is 14.3 Å². The number of ether oxygens (including phenoxy) is 2. The average molecular weight is 399 g/mol. The zero-order valence-electron chi connectivity index (χ0n) is 17.4. The molecule has 0 spiro atoms. The van der Waals surface area contributed by atoms with Gasteiger partial charge in [-0.3, -0.25) is 4.79 Å². The Morgan fingerprint density at radius 3 is 2.17 bits per heavy atom. The second kappa shape index (κ2) is 9.95. The molecule has 1 fully saturated rings. The van der Waals surface area contributed by atoms with Gasteiger partial charge in [-0.15, -0.1) is 10.2 Å². The first-order valence-electron chi connectivity index (χ1n) is 10.0. The van der Waals surface area contributed by atoms with Crippen LogP contribution in [0.15, 0.2) is 36.4 Å². The molecule has 0 aliphatic carbocycles. The van der Waals surface area contributed by atoms with Gasteiger partial charge < -0.3 is 24.2 Å². The summed E-state index contributed by atoms with van der Waals surface area (Å²) in [6.07, 6.45) is 0. The van der Waals surface area contributed by atoms with Crippen LogP contribution >= 0.6 is 0 Å². The summed E-state index contributed by atoms with van der Waals surface area (Å²) in [5.41, 5.74) is 0. The van der Waals surface area contributed by atoms with Gasteiger partial charge in [0.05, 0.1) is 7.11 Å². The maximum absolute atomic E-state index is 12.4. The molecule has 0 saturated carbocycles. The number of aromatic nitrogens is 2. The standard InChI is InChI=1S/C21H29N5O3/c1-4-24(5-2)19-10-11-20(23-22-19)25-12-14-26(15-13-25)21(27)16-29-18-8-6-17(28-3)7-9-18/h6-11H,4-5,12-16H2,1-3H3. The molecule has 0 radical (unpaired) electrons. The molecule has 29 heavy (non-hydrogen) atoms. The predicted molar refractivity (Wildman–Crippen MR) is 113 cm³/mol. The third kappa shape index (κ3) is 5.28. The summed E-state index contributed by atoms with van der Waals surface area (Å²) in [5, 5.41) is 8.73. The number of nitrogens with zero attached hydrogens (tertiary/aromatic N) is 5. The van der Waals surface area contributed by atoms with Crippen molar-refractivity contribution in [1.82, 2.24) is 15.1 Å². The summed E-state index contributed by atoms with van der Waals surface area (Å²) in [6.45, 7) is 8.80. The molecule has 0 unspecified atom stereocenters. The molecule has 8 nitrogen and oxygen atoms in total. The molecule has 0 atom stereocenters. The Bertz CT molecular complexity index is 770. The monoisotopic (exact) mass is 399 g/mol. The molecule has 2 aromatic rings. The Morgan fingerprint density at radius 2 is 1.62 bits per heavy atom. The largest absolute Gasteiger partial charge is 0.497 e. The van der Waals surface area contributed by atoms with Crippen LogP contribution < -0.4 is 19.3 Å². The van der Waals surface area contributed by atoms with Crippen molar-refractivity contribution in [1.29, 1.82) is 0 Å². The van der Waals surface area contributed by atoms with Gasteiger partial charge in [0.25, 0.3) is 5.91 Å². The summed E-state index contributed by atoms with van der Waals surface area (Å²) in [4.78, 5) is 18.6. The molecule has 1 aliphatic rings. The van der Waals surface area contributed by atoms with Crippen LogP contribution in [-0.2, 0) is 4.79 Å². The molecular weight excluding hydrogens is 370 g/mol. The number of hydrogen-bond donors (Lipinski definition) is 0. The van der Waals surface area contributed by atoms with E-state index in [1.54, 1.807) is 19.2 Å². The lowest BCUT2D eigenvalue weighted by atomic mass is 10.3. The third-order valence-electron chi connectivity index (χ3n) is 5.10. The molecule has 0 N–H and O–H groups in total. The Kier molecular flexibility index (Phi) is 7.10. The summed E-state index contributed by atoms with van der Waals surface area (Å²) < 4.78 is 10.7. The molecule has 156 valence electrons. The highest BCUT2D eigenvalue weighted by molar-refractivity contribution is 5.78. The molecule has 1 aliphatic heterocycles. The highest BCUT2D eigenvalue weighted by atomic mass is 16.5. The first-order valence-corrected chi connectivity index (χ1v) is 10.0.